The van der Waals surface area contributed by atoms with Crippen molar-refractivity contribution in [2.24, 2.45) is 0 Å². The van der Waals surface area contributed by atoms with Gasteiger partial charge in [-0.25, -0.2) is 0 Å². The number of esters is 1. The van der Waals surface area contributed by atoms with E-state index >= 15 is 0 Å². The Morgan fingerprint density at radius 1 is 0.469 bits per heavy atom. The Bertz CT molecular complexity index is 1100. The third-order valence-corrected chi connectivity index (χ3v) is 12.7. The predicted octanol–water partition coefficient (Wildman–Crippen LogP) is 17.0. The van der Waals surface area contributed by atoms with Gasteiger partial charge in [-0.2, -0.15) is 0 Å². The van der Waals surface area contributed by atoms with Gasteiger partial charge in [0.05, 0.1) is 25.2 Å². The first-order chi connectivity index (χ1) is 31.5. The molecule has 3 unspecified atom stereocenters. The van der Waals surface area contributed by atoms with E-state index < -0.39 is 18.2 Å². The van der Waals surface area contributed by atoms with Gasteiger partial charge in [-0.15, -0.1) is 0 Å². The van der Waals surface area contributed by atoms with Crippen molar-refractivity contribution in [1.82, 2.24) is 5.32 Å². The molecule has 0 aromatic carbocycles. The average molecular weight is 898 g/mol. The summed E-state index contributed by atoms with van der Waals surface area (Å²) in [5.74, 6) is -0.517. The van der Waals surface area contributed by atoms with Crippen LogP contribution in [0.4, 0.5) is 0 Å². The van der Waals surface area contributed by atoms with E-state index in [1.165, 1.54) is 161 Å². The summed E-state index contributed by atoms with van der Waals surface area (Å²) in [6.07, 6.45) is 63.3. The van der Waals surface area contributed by atoms with Crippen LogP contribution in [0.2, 0.25) is 0 Å². The molecule has 6 heteroatoms. The van der Waals surface area contributed by atoms with Crippen molar-refractivity contribution >= 4 is 11.9 Å². The Morgan fingerprint density at radius 3 is 1.25 bits per heavy atom. The molecular weight excluding hydrogens is 791 g/mol. The smallest absolute Gasteiger partial charge is 0.306 e. The first-order valence-electron chi connectivity index (χ1n) is 27.9. The molecule has 0 aliphatic heterocycles. The van der Waals surface area contributed by atoms with Gasteiger partial charge in [-0.05, 0) is 57.8 Å². The molecule has 0 aromatic rings. The van der Waals surface area contributed by atoms with Gasteiger partial charge in [0.2, 0.25) is 5.91 Å². The summed E-state index contributed by atoms with van der Waals surface area (Å²) in [5.41, 5.74) is 0. The number of allylic oxidation sites excluding steroid dienone is 8. The van der Waals surface area contributed by atoms with Gasteiger partial charge in [0, 0.05) is 6.42 Å². The van der Waals surface area contributed by atoms with E-state index in [-0.39, 0.29) is 24.9 Å². The lowest BCUT2D eigenvalue weighted by molar-refractivity contribution is -0.151. The van der Waals surface area contributed by atoms with Crippen molar-refractivity contribution < 1.29 is 24.5 Å². The number of carbonyl (C=O) groups is 2. The van der Waals surface area contributed by atoms with E-state index in [1.54, 1.807) is 0 Å². The van der Waals surface area contributed by atoms with Gasteiger partial charge in [-0.1, -0.05) is 262 Å². The van der Waals surface area contributed by atoms with E-state index in [2.05, 4.69) is 74.7 Å². The van der Waals surface area contributed by atoms with Crippen LogP contribution in [0.25, 0.3) is 0 Å². The summed E-state index contributed by atoms with van der Waals surface area (Å²) >= 11 is 0. The molecule has 0 aliphatic carbocycles. The Labute approximate surface area is 397 Å². The number of aliphatic hydroxyl groups excluding tert-OH is 2. The fraction of sp³-hybridized carbons (Fsp3) is 0.828. The van der Waals surface area contributed by atoms with Gasteiger partial charge in [0.15, 0.2) is 0 Å². The van der Waals surface area contributed by atoms with E-state index in [0.29, 0.717) is 19.3 Å². The minimum atomic E-state index is -0.800. The lowest BCUT2D eigenvalue weighted by Gasteiger charge is -2.24. The number of unbranched alkanes of at least 4 members (excludes halogenated alkanes) is 30. The second-order valence-corrected chi connectivity index (χ2v) is 19.0. The number of amides is 1. The zero-order valence-corrected chi connectivity index (χ0v) is 42.7. The number of aliphatic hydroxyl groups is 2. The highest BCUT2D eigenvalue weighted by molar-refractivity contribution is 5.77. The van der Waals surface area contributed by atoms with Gasteiger partial charge in [0.1, 0.15) is 6.10 Å². The summed E-state index contributed by atoms with van der Waals surface area (Å²) < 4.78 is 5.93. The van der Waals surface area contributed by atoms with Crippen molar-refractivity contribution in [2.45, 2.75) is 302 Å². The van der Waals surface area contributed by atoms with Gasteiger partial charge in [-0.3, -0.25) is 9.59 Å². The highest BCUT2D eigenvalue weighted by atomic mass is 16.5. The molecular formula is C58H107NO5. The SMILES string of the molecule is CC/C=C/C/C=C/C/C=C/C/C=C/CCCC(CC(=O)NC(CO)C(O)CCCCCCCCCCCCCC)OC(=O)CCCCCCCCCCCCCCCCCCCCC. The maximum absolute atomic E-state index is 13.2. The molecule has 64 heavy (non-hydrogen) atoms. The van der Waals surface area contributed by atoms with Crippen molar-refractivity contribution in [3.63, 3.8) is 0 Å². The molecule has 0 aromatic heterocycles. The number of nitrogens with one attached hydrogen (secondary N) is 1. The maximum Gasteiger partial charge on any atom is 0.306 e. The average Bonchev–Trinajstić information content (AvgIpc) is 3.29. The highest BCUT2D eigenvalue weighted by Gasteiger charge is 2.24. The van der Waals surface area contributed by atoms with E-state index in [1.807, 2.05) is 0 Å². The number of hydrogen-bond acceptors (Lipinski definition) is 5. The lowest BCUT2D eigenvalue weighted by Crippen LogP contribution is -2.46. The molecule has 0 fully saturated rings. The molecule has 0 bridgehead atoms. The van der Waals surface area contributed by atoms with E-state index in [0.717, 1.165) is 77.0 Å². The summed E-state index contributed by atoms with van der Waals surface area (Å²) in [6, 6.07) is -0.717. The molecule has 0 saturated carbocycles. The van der Waals surface area contributed by atoms with Crippen molar-refractivity contribution in [3.8, 4) is 0 Å². The molecule has 0 spiro atoms. The fourth-order valence-corrected chi connectivity index (χ4v) is 8.49. The quantitative estimate of drug-likeness (QED) is 0.0321. The standard InChI is InChI=1S/C58H107NO5/c1-4-7-10-13-16-19-22-25-27-28-29-30-31-33-36-39-42-45-48-51-58(63)64-54(49-46-43-40-37-34-32-26-23-20-17-14-11-8-5-2)52-57(62)59-55(53-60)56(61)50-47-44-41-38-35-24-21-18-15-12-9-6-3/h8,11,17,20,26,32,37,40,54-56,60-61H,4-7,9-10,12-16,18-19,21-25,27-31,33-36,38-39,41-53H2,1-3H3,(H,59,62)/b11-8+,20-17+,32-26+,40-37+. The topological polar surface area (TPSA) is 95.9 Å². The van der Waals surface area contributed by atoms with Gasteiger partial charge >= 0.3 is 5.97 Å². The molecule has 0 radical (unpaired) electrons. The zero-order valence-electron chi connectivity index (χ0n) is 42.7. The first kappa shape index (κ1) is 61.8. The largest absolute Gasteiger partial charge is 0.462 e. The normalized spacial score (nSPS) is 13.5. The predicted molar refractivity (Wildman–Crippen MR) is 278 cm³/mol. The Hall–Kier alpha value is -2.18. The van der Waals surface area contributed by atoms with Crippen LogP contribution in [-0.4, -0.2) is 46.9 Å². The molecule has 0 aliphatic rings. The molecule has 3 N–H and O–H groups in total. The zero-order chi connectivity index (χ0) is 46.7. The second kappa shape index (κ2) is 51.8. The lowest BCUT2D eigenvalue weighted by atomic mass is 10.0. The monoisotopic (exact) mass is 898 g/mol. The maximum atomic E-state index is 13.2. The van der Waals surface area contributed by atoms with Crippen LogP contribution in [-0.2, 0) is 14.3 Å². The van der Waals surface area contributed by atoms with Gasteiger partial charge in [0.25, 0.3) is 0 Å². The minimum absolute atomic E-state index is 0.0426. The van der Waals surface area contributed by atoms with Crippen LogP contribution in [0, 0.1) is 0 Å². The van der Waals surface area contributed by atoms with Crippen LogP contribution in [0.15, 0.2) is 48.6 Å². The third kappa shape index (κ3) is 46.4. The van der Waals surface area contributed by atoms with Crippen LogP contribution in [0.3, 0.4) is 0 Å². The summed E-state index contributed by atoms with van der Waals surface area (Å²) in [5, 5.41) is 23.8. The van der Waals surface area contributed by atoms with Crippen molar-refractivity contribution in [2.75, 3.05) is 6.61 Å². The summed E-state index contributed by atoms with van der Waals surface area (Å²) in [7, 11) is 0. The first-order valence-corrected chi connectivity index (χ1v) is 27.9. The van der Waals surface area contributed by atoms with E-state index in [9.17, 15) is 19.8 Å². The van der Waals surface area contributed by atoms with Crippen LogP contribution < -0.4 is 5.32 Å². The third-order valence-electron chi connectivity index (χ3n) is 12.7. The van der Waals surface area contributed by atoms with E-state index in [4.69, 9.17) is 4.74 Å². The highest BCUT2D eigenvalue weighted by Crippen LogP contribution is 2.18. The number of rotatable bonds is 50. The molecule has 374 valence electrons. The van der Waals surface area contributed by atoms with Crippen LogP contribution in [0.5, 0.6) is 0 Å². The van der Waals surface area contributed by atoms with Gasteiger partial charge < -0.3 is 20.3 Å². The second-order valence-electron chi connectivity index (χ2n) is 19.0. The Morgan fingerprint density at radius 2 is 0.844 bits per heavy atom. The summed E-state index contributed by atoms with van der Waals surface area (Å²) in [4.78, 5) is 26.2. The number of hydrogen-bond donors (Lipinski definition) is 3. The molecule has 3 atom stereocenters. The van der Waals surface area contributed by atoms with Crippen molar-refractivity contribution in [3.05, 3.63) is 48.6 Å². The fourth-order valence-electron chi connectivity index (χ4n) is 8.49. The molecule has 6 nitrogen and oxygen atoms in total. The number of carbonyl (C=O) groups excluding carboxylic acids is 2. The minimum Gasteiger partial charge on any atom is -0.462 e. The van der Waals surface area contributed by atoms with Crippen molar-refractivity contribution in [1.29, 1.82) is 0 Å². The Kier molecular flexibility index (Phi) is 50.0. The molecule has 0 saturated heterocycles. The Balaban J connectivity index is 4.56. The molecule has 1 amide bonds. The number of ether oxygens (including phenoxy) is 1. The molecule has 0 heterocycles. The summed E-state index contributed by atoms with van der Waals surface area (Å²) in [6.45, 7) is 6.37. The molecule has 0 rings (SSSR count). The van der Waals surface area contributed by atoms with Crippen LogP contribution in [0.1, 0.15) is 284 Å². The van der Waals surface area contributed by atoms with Crippen LogP contribution >= 0.6 is 0 Å².